The molecule has 34 heavy (non-hydrogen) atoms. The Bertz CT molecular complexity index is 1290. The van der Waals surface area contributed by atoms with Gasteiger partial charge in [-0.3, -0.25) is 9.59 Å². The van der Waals surface area contributed by atoms with Crippen molar-refractivity contribution >= 4 is 11.8 Å². The molecule has 1 atom stereocenters. The van der Waals surface area contributed by atoms with Crippen LogP contribution in [0.4, 0.5) is 17.6 Å². The molecule has 0 spiro atoms. The van der Waals surface area contributed by atoms with E-state index in [2.05, 4.69) is 5.32 Å². The molecule has 1 fully saturated rings. The number of hydrogen-bond donors (Lipinski definition) is 2. The fourth-order valence-electron chi connectivity index (χ4n) is 4.61. The van der Waals surface area contributed by atoms with Crippen LogP contribution in [0.5, 0.6) is 0 Å². The molecule has 0 aromatic heterocycles. The van der Waals surface area contributed by atoms with E-state index in [0.717, 1.165) is 18.2 Å². The fraction of sp³-hybridized carbons (Fsp3) is 0.250. The average molecular weight is 473 g/mol. The van der Waals surface area contributed by atoms with Crippen LogP contribution in [0, 0.1) is 23.3 Å². The topological polar surface area (TPSA) is 72.9 Å². The quantitative estimate of drug-likeness (QED) is 0.672. The summed E-state index contributed by atoms with van der Waals surface area (Å²) in [5.74, 6) is -4.89. The van der Waals surface area contributed by atoms with Crippen molar-refractivity contribution in [3.05, 3.63) is 93.5 Å². The first-order chi connectivity index (χ1) is 16.2. The third-order valence-electron chi connectivity index (χ3n) is 6.30. The molecule has 3 aliphatic heterocycles. The van der Waals surface area contributed by atoms with E-state index in [-0.39, 0.29) is 55.1 Å². The summed E-state index contributed by atoms with van der Waals surface area (Å²) in [7, 11) is 0. The van der Waals surface area contributed by atoms with Gasteiger partial charge in [-0.15, -0.1) is 0 Å². The largest absolute Gasteiger partial charge is 0.510 e. The van der Waals surface area contributed by atoms with Gasteiger partial charge >= 0.3 is 0 Å². The lowest BCUT2D eigenvalue weighted by atomic mass is 9.97. The molecule has 2 aromatic rings. The highest BCUT2D eigenvalue weighted by Crippen LogP contribution is 2.35. The maximum absolute atomic E-state index is 13.9. The number of amides is 2. The number of carbonyl (C=O) groups is 2. The van der Waals surface area contributed by atoms with Gasteiger partial charge in [0.25, 0.3) is 5.91 Å². The van der Waals surface area contributed by atoms with Gasteiger partial charge in [-0.2, -0.15) is 0 Å². The second-order valence-corrected chi connectivity index (χ2v) is 8.53. The van der Waals surface area contributed by atoms with Gasteiger partial charge in [-0.05, 0) is 35.7 Å². The summed E-state index contributed by atoms with van der Waals surface area (Å²) in [6.07, 6.45) is 1.50. The molecule has 0 aliphatic carbocycles. The normalized spacial score (nSPS) is 19.4. The number of aliphatic hydroxyl groups excluding tert-OH is 1. The highest BCUT2D eigenvalue weighted by atomic mass is 19.2. The molecule has 6 nitrogen and oxygen atoms in total. The highest BCUT2D eigenvalue weighted by molar-refractivity contribution is 5.98. The van der Waals surface area contributed by atoms with Crippen molar-refractivity contribution in [1.29, 1.82) is 0 Å². The lowest BCUT2D eigenvalue weighted by molar-refractivity contribution is -0.133. The number of carbonyl (C=O) groups excluding carboxylic acids is 2. The van der Waals surface area contributed by atoms with E-state index in [4.69, 9.17) is 0 Å². The number of benzene rings is 2. The Balaban J connectivity index is 1.41. The third kappa shape index (κ3) is 3.78. The molecule has 3 aliphatic rings. The minimum atomic E-state index is -1.000. The van der Waals surface area contributed by atoms with Crippen molar-refractivity contribution in [3.63, 3.8) is 0 Å². The van der Waals surface area contributed by atoms with Gasteiger partial charge in [-0.25, -0.2) is 17.6 Å². The Kier molecular flexibility index (Phi) is 5.30. The number of allylic oxidation sites excluding steroid dienone is 1. The SMILES string of the molecule is O=C(NCc1ccc(F)cc1F)C1=CN2C(=C(O)C1)C(=O)N1Cc3cc(F)c(F)cc3C[C@H]2C1. The second-order valence-electron chi connectivity index (χ2n) is 8.53. The Morgan fingerprint density at radius 1 is 1.06 bits per heavy atom. The molecule has 176 valence electrons. The maximum Gasteiger partial charge on any atom is 0.274 e. The van der Waals surface area contributed by atoms with Crippen molar-refractivity contribution in [1.82, 2.24) is 15.1 Å². The lowest BCUT2D eigenvalue weighted by Crippen LogP contribution is -2.53. The van der Waals surface area contributed by atoms with Crippen LogP contribution in [0.25, 0.3) is 0 Å². The second kappa shape index (κ2) is 8.19. The van der Waals surface area contributed by atoms with Crippen LogP contribution in [-0.4, -0.2) is 39.3 Å². The minimum absolute atomic E-state index is 0.0196. The van der Waals surface area contributed by atoms with Gasteiger partial charge in [0.2, 0.25) is 5.91 Å². The van der Waals surface area contributed by atoms with Crippen LogP contribution >= 0.6 is 0 Å². The van der Waals surface area contributed by atoms with Crippen LogP contribution in [0.3, 0.4) is 0 Å². The number of rotatable bonds is 3. The van der Waals surface area contributed by atoms with E-state index in [9.17, 15) is 32.3 Å². The predicted molar refractivity (Wildman–Crippen MR) is 112 cm³/mol. The summed E-state index contributed by atoms with van der Waals surface area (Å²) in [6, 6.07) is 4.78. The Hall–Kier alpha value is -3.82. The molecule has 0 unspecified atom stereocenters. The van der Waals surface area contributed by atoms with Crippen molar-refractivity contribution in [2.45, 2.75) is 32.0 Å². The van der Waals surface area contributed by atoms with E-state index in [1.165, 1.54) is 22.1 Å². The molecule has 3 heterocycles. The van der Waals surface area contributed by atoms with Crippen LogP contribution in [0.15, 0.2) is 53.6 Å². The monoisotopic (exact) mass is 473 g/mol. The number of hydrogen-bond acceptors (Lipinski definition) is 4. The molecule has 2 bridgehead atoms. The third-order valence-corrected chi connectivity index (χ3v) is 6.30. The van der Waals surface area contributed by atoms with Crippen molar-refractivity contribution < 1.29 is 32.3 Å². The Labute approximate surface area is 191 Å². The van der Waals surface area contributed by atoms with Crippen molar-refractivity contribution in [2.24, 2.45) is 0 Å². The van der Waals surface area contributed by atoms with E-state index in [1.807, 2.05) is 0 Å². The zero-order valence-corrected chi connectivity index (χ0v) is 17.7. The molecule has 10 heteroatoms. The van der Waals surface area contributed by atoms with Crippen LogP contribution in [0.2, 0.25) is 0 Å². The molecule has 2 aromatic carbocycles. The number of piperazine rings is 1. The number of nitrogens with one attached hydrogen (secondary N) is 1. The summed E-state index contributed by atoms with van der Waals surface area (Å²) < 4.78 is 54.6. The summed E-state index contributed by atoms with van der Waals surface area (Å²) in [5.41, 5.74) is 1.27. The van der Waals surface area contributed by atoms with Gasteiger partial charge in [0.05, 0.1) is 6.04 Å². The molecular weight excluding hydrogens is 454 g/mol. The van der Waals surface area contributed by atoms with Crippen LogP contribution in [-0.2, 0) is 29.1 Å². The Morgan fingerprint density at radius 2 is 1.79 bits per heavy atom. The van der Waals surface area contributed by atoms with Gasteiger partial charge in [-0.1, -0.05) is 6.07 Å². The maximum atomic E-state index is 13.9. The minimum Gasteiger partial charge on any atom is -0.510 e. The predicted octanol–water partition coefficient (Wildman–Crippen LogP) is 3.19. The van der Waals surface area contributed by atoms with E-state index >= 15 is 0 Å². The van der Waals surface area contributed by atoms with Crippen LogP contribution in [0.1, 0.15) is 23.1 Å². The summed E-state index contributed by atoms with van der Waals surface area (Å²) in [5, 5.41) is 13.2. The molecule has 5 rings (SSSR count). The van der Waals surface area contributed by atoms with Gasteiger partial charge in [0.15, 0.2) is 11.6 Å². The van der Waals surface area contributed by atoms with E-state index < -0.39 is 41.1 Å². The molecule has 2 N–H and O–H groups in total. The van der Waals surface area contributed by atoms with Crippen molar-refractivity contribution in [2.75, 3.05) is 6.54 Å². The van der Waals surface area contributed by atoms with Gasteiger partial charge in [0.1, 0.15) is 23.1 Å². The van der Waals surface area contributed by atoms with E-state index in [0.29, 0.717) is 17.2 Å². The van der Waals surface area contributed by atoms with Gasteiger partial charge in [0, 0.05) is 49.5 Å². The summed E-state index contributed by atoms with van der Waals surface area (Å²) >= 11 is 0. The number of nitrogens with zero attached hydrogens (tertiary/aromatic N) is 2. The van der Waals surface area contributed by atoms with Crippen LogP contribution < -0.4 is 5.32 Å². The first-order valence-corrected chi connectivity index (χ1v) is 10.6. The first kappa shape index (κ1) is 22.0. The molecule has 0 radical (unpaired) electrons. The molecular formula is C24H19F4N3O3. The molecule has 1 saturated heterocycles. The fourth-order valence-corrected chi connectivity index (χ4v) is 4.61. The molecule has 2 amide bonds. The number of aliphatic hydroxyl groups is 1. The summed E-state index contributed by atoms with van der Waals surface area (Å²) in [4.78, 5) is 28.8. The van der Waals surface area contributed by atoms with E-state index in [1.54, 1.807) is 0 Å². The Morgan fingerprint density at radius 3 is 2.53 bits per heavy atom. The average Bonchev–Trinajstić information content (AvgIpc) is 2.94. The zero-order valence-electron chi connectivity index (χ0n) is 17.7. The standard InChI is InChI=1S/C24H19F4N3O3/c25-16-2-1-12(18(26)7-16)8-29-23(33)15-6-21(32)22-24(34)30-9-14-5-20(28)19(27)4-13(14)3-17(11-30)31(22)10-15/h1-2,4-5,7,10,17,32H,3,6,8-9,11H2,(H,29,33)/t17-/m0/s1. The van der Waals surface area contributed by atoms with Gasteiger partial charge < -0.3 is 20.2 Å². The molecule has 0 saturated carbocycles. The number of fused-ring (bicyclic) bond motifs is 5. The van der Waals surface area contributed by atoms with Crippen molar-refractivity contribution in [3.8, 4) is 0 Å². The first-order valence-electron chi connectivity index (χ1n) is 10.6. The smallest absolute Gasteiger partial charge is 0.274 e. The number of halogens is 4. The highest BCUT2D eigenvalue weighted by Gasteiger charge is 2.42. The lowest BCUT2D eigenvalue weighted by Gasteiger charge is -2.42. The zero-order chi connectivity index (χ0) is 24.1. The summed E-state index contributed by atoms with van der Waals surface area (Å²) in [6.45, 7) is 0.112.